The summed E-state index contributed by atoms with van der Waals surface area (Å²) in [5.74, 6) is -0.769. The van der Waals surface area contributed by atoms with E-state index in [1.54, 1.807) is 6.07 Å². The van der Waals surface area contributed by atoms with Crippen molar-refractivity contribution in [2.45, 2.75) is 6.54 Å². The van der Waals surface area contributed by atoms with Gasteiger partial charge in [-0.15, -0.1) is 0 Å². The zero-order chi connectivity index (χ0) is 15.0. The molecule has 3 aromatic rings. The van der Waals surface area contributed by atoms with Crippen molar-refractivity contribution in [3.05, 3.63) is 68.7 Å². The van der Waals surface area contributed by atoms with Gasteiger partial charge in [0.25, 0.3) is 5.56 Å². The lowest BCUT2D eigenvalue weighted by molar-refractivity contribution is 0.566. The molecule has 0 bridgehead atoms. The Balaban J connectivity index is 2.10. The van der Waals surface area contributed by atoms with Crippen LogP contribution in [0.2, 0.25) is 0 Å². The molecule has 0 amide bonds. The molecule has 0 fully saturated rings. The fourth-order valence-electron chi connectivity index (χ4n) is 2.08. The minimum atomic E-state index is -1.04. The van der Waals surface area contributed by atoms with E-state index in [-0.39, 0.29) is 12.4 Å². The number of aromatic nitrogens is 3. The van der Waals surface area contributed by atoms with Gasteiger partial charge in [-0.3, -0.25) is 14.3 Å². The number of nitrogens with zero attached hydrogens (tertiary/aromatic N) is 2. The average molecular weight is 286 g/mol. The number of aromatic amines is 1. The molecule has 6 nitrogen and oxygen atoms in total. The molecule has 2 aromatic heterocycles. The quantitative estimate of drug-likeness (QED) is 0.730. The van der Waals surface area contributed by atoms with Crippen LogP contribution >= 0.6 is 0 Å². The van der Waals surface area contributed by atoms with E-state index in [0.29, 0.717) is 5.56 Å². The van der Waals surface area contributed by atoms with E-state index >= 15 is 0 Å². The summed E-state index contributed by atoms with van der Waals surface area (Å²) in [4.78, 5) is 28.8. The Morgan fingerprint density at radius 1 is 1.29 bits per heavy atom. The molecule has 0 spiro atoms. The maximum absolute atomic E-state index is 13.3. The summed E-state index contributed by atoms with van der Waals surface area (Å²) in [6.07, 6.45) is 0.857. The molecular formula is C14H11FN4O2. The Morgan fingerprint density at radius 2 is 2.05 bits per heavy atom. The van der Waals surface area contributed by atoms with Crippen molar-refractivity contribution < 1.29 is 4.39 Å². The molecule has 0 aliphatic carbocycles. The van der Waals surface area contributed by atoms with Crippen LogP contribution in [0, 0.1) is 5.82 Å². The molecule has 2 heterocycles. The van der Waals surface area contributed by atoms with Crippen molar-refractivity contribution in [1.29, 1.82) is 0 Å². The van der Waals surface area contributed by atoms with Gasteiger partial charge in [-0.25, -0.2) is 9.78 Å². The van der Waals surface area contributed by atoms with Crippen LogP contribution in [-0.2, 0) is 6.54 Å². The van der Waals surface area contributed by atoms with Gasteiger partial charge in [0, 0.05) is 10.9 Å². The number of hydrogen-bond acceptors (Lipinski definition) is 4. The average Bonchev–Trinajstić information content (AvgIpc) is 2.45. The number of pyridine rings is 1. The number of nitrogens with two attached hydrogens (primary N) is 1. The molecule has 0 atom stereocenters. The van der Waals surface area contributed by atoms with Crippen molar-refractivity contribution in [2.24, 2.45) is 0 Å². The first kappa shape index (κ1) is 13.0. The van der Waals surface area contributed by atoms with Crippen molar-refractivity contribution in [2.75, 3.05) is 5.73 Å². The van der Waals surface area contributed by atoms with Crippen LogP contribution in [0.15, 0.2) is 46.1 Å². The third kappa shape index (κ3) is 2.40. The molecule has 0 saturated carbocycles. The highest BCUT2D eigenvalue weighted by molar-refractivity contribution is 5.81. The Bertz CT molecular complexity index is 946. The van der Waals surface area contributed by atoms with Crippen LogP contribution in [0.1, 0.15) is 5.56 Å². The molecular weight excluding hydrogens is 275 g/mol. The fourth-order valence-corrected chi connectivity index (χ4v) is 2.08. The molecule has 0 aliphatic heterocycles. The number of nitrogen functional groups attached to an aromatic ring is 1. The number of halogens is 1. The maximum atomic E-state index is 13.3. The van der Waals surface area contributed by atoms with Gasteiger partial charge in [0.15, 0.2) is 0 Å². The van der Waals surface area contributed by atoms with E-state index in [1.807, 2.05) is 29.2 Å². The second-order valence-corrected chi connectivity index (χ2v) is 4.59. The van der Waals surface area contributed by atoms with E-state index in [1.165, 1.54) is 0 Å². The number of H-pyrrole nitrogens is 1. The first-order valence-electron chi connectivity index (χ1n) is 6.18. The molecule has 7 heteroatoms. The highest BCUT2D eigenvalue weighted by Crippen LogP contribution is 2.18. The Kier molecular flexibility index (Phi) is 3.02. The second-order valence-electron chi connectivity index (χ2n) is 4.59. The van der Waals surface area contributed by atoms with E-state index in [9.17, 15) is 14.0 Å². The van der Waals surface area contributed by atoms with Crippen molar-refractivity contribution >= 4 is 16.7 Å². The van der Waals surface area contributed by atoms with Gasteiger partial charge in [0.2, 0.25) is 5.82 Å². The molecule has 3 N–H and O–H groups in total. The third-order valence-corrected chi connectivity index (χ3v) is 3.14. The number of para-hydroxylation sites is 1. The number of rotatable bonds is 2. The van der Waals surface area contributed by atoms with Crippen molar-refractivity contribution in [3.8, 4) is 0 Å². The SMILES string of the molecule is Nc1nc2ccccc2cc1Cn1cc(F)c(=O)[nH]c1=O. The Labute approximate surface area is 117 Å². The summed E-state index contributed by atoms with van der Waals surface area (Å²) >= 11 is 0. The number of fused-ring (bicyclic) bond motifs is 1. The molecule has 0 saturated heterocycles. The van der Waals surface area contributed by atoms with Crippen LogP contribution < -0.4 is 17.0 Å². The van der Waals surface area contributed by atoms with Crippen molar-refractivity contribution in [3.63, 3.8) is 0 Å². The Hall–Kier alpha value is -2.96. The fraction of sp³-hybridized carbons (Fsp3) is 0.0714. The maximum Gasteiger partial charge on any atom is 0.328 e. The molecule has 106 valence electrons. The lowest BCUT2D eigenvalue weighted by Gasteiger charge is -2.09. The number of benzene rings is 1. The van der Waals surface area contributed by atoms with Crippen LogP contribution in [0.4, 0.5) is 10.2 Å². The monoisotopic (exact) mass is 286 g/mol. The minimum Gasteiger partial charge on any atom is -0.383 e. The molecule has 3 rings (SSSR count). The summed E-state index contributed by atoms with van der Waals surface area (Å²) in [7, 11) is 0. The predicted molar refractivity (Wildman–Crippen MR) is 76.5 cm³/mol. The first-order chi connectivity index (χ1) is 10.0. The molecule has 0 unspecified atom stereocenters. The van der Waals surface area contributed by atoms with Crippen LogP contribution in [0.5, 0.6) is 0 Å². The summed E-state index contributed by atoms with van der Waals surface area (Å²) in [5.41, 5.74) is 5.43. The zero-order valence-corrected chi connectivity index (χ0v) is 10.8. The number of nitrogens with one attached hydrogen (secondary N) is 1. The molecule has 1 aromatic carbocycles. The lowest BCUT2D eigenvalue weighted by atomic mass is 10.1. The third-order valence-electron chi connectivity index (χ3n) is 3.14. The number of anilines is 1. The van der Waals surface area contributed by atoms with Gasteiger partial charge in [-0.2, -0.15) is 4.39 Å². The van der Waals surface area contributed by atoms with E-state index in [0.717, 1.165) is 21.7 Å². The summed E-state index contributed by atoms with van der Waals surface area (Å²) in [5, 5.41) is 0.861. The van der Waals surface area contributed by atoms with Gasteiger partial charge in [-0.05, 0) is 12.1 Å². The van der Waals surface area contributed by atoms with Gasteiger partial charge in [0.1, 0.15) is 5.82 Å². The zero-order valence-electron chi connectivity index (χ0n) is 10.8. The van der Waals surface area contributed by atoms with E-state index < -0.39 is 17.1 Å². The smallest absolute Gasteiger partial charge is 0.328 e. The van der Waals surface area contributed by atoms with E-state index in [4.69, 9.17) is 5.73 Å². The number of hydrogen-bond donors (Lipinski definition) is 2. The highest BCUT2D eigenvalue weighted by Gasteiger charge is 2.08. The predicted octanol–water partition coefficient (Wildman–Crippen LogP) is 0.854. The Morgan fingerprint density at radius 3 is 2.86 bits per heavy atom. The van der Waals surface area contributed by atoms with Gasteiger partial charge >= 0.3 is 5.69 Å². The van der Waals surface area contributed by atoms with Crippen LogP contribution in [0.3, 0.4) is 0 Å². The second kappa shape index (κ2) is 4.86. The van der Waals surface area contributed by atoms with Gasteiger partial charge < -0.3 is 5.73 Å². The lowest BCUT2D eigenvalue weighted by Crippen LogP contribution is -2.31. The van der Waals surface area contributed by atoms with Crippen LogP contribution in [-0.4, -0.2) is 14.5 Å². The summed E-state index contributed by atoms with van der Waals surface area (Å²) in [6, 6.07) is 9.17. The van der Waals surface area contributed by atoms with Crippen LogP contribution in [0.25, 0.3) is 10.9 Å². The minimum absolute atomic E-state index is 0.0240. The topological polar surface area (TPSA) is 93.8 Å². The van der Waals surface area contributed by atoms with Crippen molar-refractivity contribution in [1.82, 2.24) is 14.5 Å². The summed E-state index contributed by atoms with van der Waals surface area (Å²) in [6.45, 7) is 0.0240. The van der Waals surface area contributed by atoms with Gasteiger partial charge in [-0.1, -0.05) is 18.2 Å². The first-order valence-corrected chi connectivity index (χ1v) is 6.18. The highest BCUT2D eigenvalue weighted by atomic mass is 19.1. The van der Waals surface area contributed by atoms with Gasteiger partial charge in [0.05, 0.1) is 18.3 Å². The molecule has 21 heavy (non-hydrogen) atoms. The standard InChI is InChI=1S/C14H11FN4O2/c15-10-7-19(14(21)18-13(10)20)6-9-5-8-3-1-2-4-11(8)17-12(9)16/h1-5,7H,6H2,(H2,16,17)(H,18,20,21). The molecule has 0 radical (unpaired) electrons. The normalized spacial score (nSPS) is 10.9. The summed E-state index contributed by atoms with van der Waals surface area (Å²) < 4.78 is 14.3. The molecule has 0 aliphatic rings. The van der Waals surface area contributed by atoms with E-state index in [2.05, 4.69) is 4.98 Å². The largest absolute Gasteiger partial charge is 0.383 e.